The van der Waals surface area contributed by atoms with E-state index in [4.69, 9.17) is 27.9 Å². The van der Waals surface area contributed by atoms with Crippen LogP contribution in [0.2, 0.25) is 10.0 Å². The lowest BCUT2D eigenvalue weighted by atomic mass is 9.95. The fraction of sp³-hybridized carbons (Fsp3) is 0.286. The number of nitrogens with one attached hydrogen (secondary N) is 1. The maximum absolute atomic E-state index is 12.7. The van der Waals surface area contributed by atoms with Crippen molar-refractivity contribution in [2.45, 2.75) is 12.8 Å². The molecule has 2 N–H and O–H groups in total. The van der Waals surface area contributed by atoms with Crippen LogP contribution < -0.4 is 10.2 Å². The summed E-state index contributed by atoms with van der Waals surface area (Å²) in [5, 5.41) is 14.7. The van der Waals surface area contributed by atoms with E-state index in [-0.39, 0.29) is 23.5 Å². The topological polar surface area (TPSA) is 91.2 Å². The van der Waals surface area contributed by atoms with Gasteiger partial charge < -0.3 is 14.7 Å². The van der Waals surface area contributed by atoms with Crippen LogP contribution in [0, 0.1) is 5.92 Å². The molecule has 30 heavy (non-hydrogen) atoms. The van der Waals surface area contributed by atoms with E-state index in [0.29, 0.717) is 52.9 Å². The Hall–Kier alpha value is -2.77. The van der Waals surface area contributed by atoms with Gasteiger partial charge in [-0.15, -0.1) is 0 Å². The summed E-state index contributed by atoms with van der Waals surface area (Å²) in [5.74, 6) is -0.396. The molecular formula is C21H21Cl2N3O4. The molecule has 1 aliphatic rings. The molecule has 0 aliphatic carbocycles. The van der Waals surface area contributed by atoms with Crippen molar-refractivity contribution in [1.82, 2.24) is 10.3 Å². The van der Waals surface area contributed by atoms with Crippen molar-refractivity contribution in [3.63, 3.8) is 0 Å². The molecule has 7 nitrogen and oxygen atoms in total. The van der Waals surface area contributed by atoms with E-state index < -0.39 is 0 Å². The van der Waals surface area contributed by atoms with E-state index in [0.717, 1.165) is 0 Å². The first kappa shape index (κ1) is 21.9. The summed E-state index contributed by atoms with van der Waals surface area (Å²) >= 11 is 12.0. The van der Waals surface area contributed by atoms with Crippen LogP contribution in [-0.4, -0.2) is 48.2 Å². The van der Waals surface area contributed by atoms with Gasteiger partial charge in [0, 0.05) is 29.6 Å². The summed E-state index contributed by atoms with van der Waals surface area (Å²) in [7, 11) is 1.45. The highest BCUT2D eigenvalue weighted by Gasteiger charge is 2.28. The zero-order valence-corrected chi connectivity index (χ0v) is 17.8. The maximum atomic E-state index is 12.7. The van der Waals surface area contributed by atoms with Crippen LogP contribution >= 0.6 is 23.2 Å². The number of likely N-dealkylation sites (tertiary alicyclic amines) is 1. The second kappa shape index (κ2) is 9.82. The van der Waals surface area contributed by atoms with Gasteiger partial charge in [0.05, 0.1) is 23.9 Å². The van der Waals surface area contributed by atoms with Crippen molar-refractivity contribution >= 4 is 41.2 Å². The smallest absolute Gasteiger partial charge is 0.255 e. The molecule has 1 fully saturated rings. The van der Waals surface area contributed by atoms with Gasteiger partial charge in [0.2, 0.25) is 5.91 Å². The third-order valence-electron chi connectivity index (χ3n) is 4.94. The van der Waals surface area contributed by atoms with Crippen LogP contribution in [0.5, 0.6) is 11.5 Å². The summed E-state index contributed by atoms with van der Waals surface area (Å²) in [5.41, 5.74) is 3.32. The molecule has 0 atom stereocenters. The number of benzene rings is 2. The third kappa shape index (κ3) is 5.04. The maximum Gasteiger partial charge on any atom is 0.255 e. The second-order valence-corrected chi connectivity index (χ2v) is 7.67. The Morgan fingerprint density at radius 1 is 1.23 bits per heavy atom. The number of carbonyl (C=O) groups is 2. The minimum absolute atomic E-state index is 0.0503. The van der Waals surface area contributed by atoms with Gasteiger partial charge in [0.25, 0.3) is 5.91 Å². The van der Waals surface area contributed by atoms with Gasteiger partial charge in [0.15, 0.2) is 11.5 Å². The van der Waals surface area contributed by atoms with Crippen molar-refractivity contribution < 1.29 is 19.4 Å². The van der Waals surface area contributed by atoms with Gasteiger partial charge in [-0.2, -0.15) is 5.10 Å². The molecule has 0 radical (unpaired) electrons. The van der Waals surface area contributed by atoms with Crippen molar-refractivity contribution in [1.29, 1.82) is 0 Å². The Labute approximate surface area is 184 Å². The fourth-order valence-corrected chi connectivity index (χ4v) is 3.73. The van der Waals surface area contributed by atoms with E-state index in [2.05, 4.69) is 10.5 Å². The molecule has 0 unspecified atom stereocenters. The number of hydrogen-bond acceptors (Lipinski definition) is 5. The summed E-state index contributed by atoms with van der Waals surface area (Å²) in [6.07, 6.45) is 2.39. The quantitative estimate of drug-likeness (QED) is 0.537. The van der Waals surface area contributed by atoms with E-state index in [1.54, 1.807) is 35.2 Å². The average Bonchev–Trinajstić information content (AvgIpc) is 2.74. The number of aromatic hydroxyl groups is 1. The lowest BCUT2D eigenvalue weighted by Crippen LogP contribution is -2.42. The fourth-order valence-electron chi connectivity index (χ4n) is 3.24. The van der Waals surface area contributed by atoms with Crippen molar-refractivity contribution in [3.8, 4) is 11.5 Å². The molecule has 1 heterocycles. The van der Waals surface area contributed by atoms with E-state index in [9.17, 15) is 14.7 Å². The number of piperidine rings is 1. The number of ether oxygens (including phenoxy) is 1. The number of methoxy groups -OCH3 is 1. The van der Waals surface area contributed by atoms with Crippen molar-refractivity contribution in [2.24, 2.45) is 11.0 Å². The van der Waals surface area contributed by atoms with Crippen LogP contribution in [0.1, 0.15) is 28.8 Å². The summed E-state index contributed by atoms with van der Waals surface area (Å²) in [6.45, 7) is 0.881. The number of para-hydroxylation sites is 1. The van der Waals surface area contributed by atoms with Crippen LogP contribution in [0.3, 0.4) is 0 Å². The summed E-state index contributed by atoms with van der Waals surface area (Å²) in [6, 6.07) is 9.75. The Morgan fingerprint density at radius 2 is 1.97 bits per heavy atom. The van der Waals surface area contributed by atoms with Gasteiger partial charge in [-0.1, -0.05) is 29.3 Å². The first-order valence-electron chi connectivity index (χ1n) is 9.34. The minimum Gasteiger partial charge on any atom is -0.504 e. The Kier molecular flexibility index (Phi) is 7.18. The van der Waals surface area contributed by atoms with Gasteiger partial charge >= 0.3 is 0 Å². The van der Waals surface area contributed by atoms with Crippen LogP contribution in [-0.2, 0) is 4.79 Å². The molecule has 0 bridgehead atoms. The largest absolute Gasteiger partial charge is 0.504 e. The summed E-state index contributed by atoms with van der Waals surface area (Å²) in [4.78, 5) is 26.7. The lowest BCUT2D eigenvalue weighted by molar-refractivity contribution is -0.126. The molecular weight excluding hydrogens is 429 g/mol. The molecule has 9 heteroatoms. The van der Waals surface area contributed by atoms with Gasteiger partial charge in [0.1, 0.15) is 0 Å². The highest BCUT2D eigenvalue weighted by Crippen LogP contribution is 2.28. The number of phenols is 1. The van der Waals surface area contributed by atoms with E-state index in [1.807, 2.05) is 0 Å². The first-order chi connectivity index (χ1) is 14.4. The van der Waals surface area contributed by atoms with Crippen LogP contribution in [0.15, 0.2) is 41.5 Å². The second-order valence-electron chi connectivity index (χ2n) is 6.82. The highest BCUT2D eigenvalue weighted by molar-refractivity contribution is 6.36. The third-order valence-corrected chi connectivity index (χ3v) is 5.49. The molecule has 1 aliphatic heterocycles. The zero-order valence-electron chi connectivity index (χ0n) is 16.3. The monoisotopic (exact) mass is 449 g/mol. The summed E-state index contributed by atoms with van der Waals surface area (Å²) < 4.78 is 5.04. The van der Waals surface area contributed by atoms with E-state index >= 15 is 0 Å². The first-order valence-corrected chi connectivity index (χ1v) is 10.1. The molecule has 0 aromatic heterocycles. The van der Waals surface area contributed by atoms with Gasteiger partial charge in [-0.3, -0.25) is 9.59 Å². The number of hydrogen-bond donors (Lipinski definition) is 2. The van der Waals surface area contributed by atoms with Crippen LogP contribution in [0.4, 0.5) is 0 Å². The standard InChI is InChI=1S/C21H21Cl2N3O4/c1-30-18-4-2-3-14(19(18)27)12-24-25-20(28)13-7-9-26(10-8-13)21(29)16-6-5-15(22)11-17(16)23/h2-6,11-13,27H,7-10H2,1H3,(H,25,28)/b24-12-. The molecule has 1 saturated heterocycles. The van der Waals surface area contributed by atoms with E-state index in [1.165, 1.54) is 19.4 Å². The van der Waals surface area contributed by atoms with Gasteiger partial charge in [-0.05, 0) is 43.2 Å². The molecule has 2 aromatic carbocycles. The average molecular weight is 450 g/mol. The molecule has 158 valence electrons. The predicted octanol–water partition coefficient (Wildman–Crippen LogP) is 3.71. The Morgan fingerprint density at radius 3 is 2.63 bits per heavy atom. The predicted molar refractivity (Wildman–Crippen MR) is 115 cm³/mol. The molecule has 2 amide bonds. The van der Waals surface area contributed by atoms with Crippen molar-refractivity contribution in [3.05, 3.63) is 57.6 Å². The number of nitrogens with zero attached hydrogens (tertiary/aromatic N) is 2. The zero-order chi connectivity index (χ0) is 21.7. The Bertz CT molecular complexity index is 973. The number of phenolic OH excluding ortho intramolecular Hbond substituents is 1. The molecule has 2 aromatic rings. The number of carbonyl (C=O) groups excluding carboxylic acids is 2. The number of hydrazone groups is 1. The SMILES string of the molecule is COc1cccc(/C=N\NC(=O)C2CCN(C(=O)c3ccc(Cl)cc3Cl)CC2)c1O. The van der Waals surface area contributed by atoms with Crippen LogP contribution in [0.25, 0.3) is 0 Å². The highest BCUT2D eigenvalue weighted by atomic mass is 35.5. The minimum atomic E-state index is -0.259. The number of halogens is 2. The van der Waals surface area contributed by atoms with Gasteiger partial charge in [-0.25, -0.2) is 5.43 Å². The Balaban J connectivity index is 1.53. The molecule has 0 saturated carbocycles. The number of amides is 2. The van der Waals surface area contributed by atoms with Crippen molar-refractivity contribution in [2.75, 3.05) is 20.2 Å². The molecule has 3 rings (SSSR count). The number of rotatable bonds is 5. The molecule has 0 spiro atoms. The normalized spacial score (nSPS) is 14.7. The lowest BCUT2D eigenvalue weighted by Gasteiger charge is -2.31.